The van der Waals surface area contributed by atoms with E-state index in [1.165, 1.54) is 193 Å². The second kappa shape index (κ2) is 55.3. The van der Waals surface area contributed by atoms with Gasteiger partial charge in [0.1, 0.15) is 19.3 Å². The summed E-state index contributed by atoms with van der Waals surface area (Å²) in [6.45, 7) is 6.84. The van der Waals surface area contributed by atoms with Gasteiger partial charge in [0.05, 0.1) is 33.8 Å². The molecule has 1 N–H and O–H groups in total. The number of phosphoric acid groups is 1. The SMILES string of the molecule is CCCCC/C=C\C/C=C\C/C=C\CCCCCCCCCCCCC(=O)NC(COP(=O)([O-])OCC[N+](C)(C)C)C(/C=C\CCCCCCCCCCCCC)OC(=O)CCCCCCCCCCCCCCC. The lowest BCUT2D eigenvalue weighted by Crippen LogP contribution is -2.47. The lowest BCUT2D eigenvalue weighted by atomic mass is 10.0. The van der Waals surface area contributed by atoms with Crippen molar-refractivity contribution in [3.63, 3.8) is 0 Å². The van der Waals surface area contributed by atoms with Crippen molar-refractivity contribution in [3.05, 3.63) is 48.6 Å². The first-order valence-electron chi connectivity index (χ1n) is 31.9. The number of carbonyl (C=O) groups excluding carboxylic acids is 2. The maximum Gasteiger partial charge on any atom is 0.306 e. The van der Waals surface area contributed by atoms with Gasteiger partial charge in [-0.2, -0.15) is 0 Å². The molecule has 1 amide bonds. The lowest BCUT2D eigenvalue weighted by molar-refractivity contribution is -0.870. The van der Waals surface area contributed by atoms with Gasteiger partial charge >= 0.3 is 5.97 Å². The summed E-state index contributed by atoms with van der Waals surface area (Å²) in [6, 6.07) is -0.887. The Morgan fingerprint density at radius 3 is 1.24 bits per heavy atom. The number of likely N-dealkylation sites (N-methyl/N-ethyl adjacent to an activating group) is 1. The van der Waals surface area contributed by atoms with Gasteiger partial charge in [-0.1, -0.05) is 269 Å². The van der Waals surface area contributed by atoms with Crippen LogP contribution in [0.5, 0.6) is 0 Å². The molecule has 0 heterocycles. The number of carbonyl (C=O) groups is 2. The summed E-state index contributed by atoms with van der Waals surface area (Å²) >= 11 is 0. The monoisotopic (exact) mass is 1070 g/mol. The molecule has 0 aromatic carbocycles. The van der Waals surface area contributed by atoms with Gasteiger partial charge in [0.2, 0.25) is 5.91 Å². The Morgan fingerprint density at radius 2 is 0.813 bits per heavy atom. The van der Waals surface area contributed by atoms with Gasteiger partial charge < -0.3 is 28.5 Å². The molecule has 0 radical (unpaired) electrons. The molecule has 0 aromatic heterocycles. The molecular formula is C65H123N2O7P. The topological polar surface area (TPSA) is 114 Å². The Morgan fingerprint density at radius 1 is 0.467 bits per heavy atom. The molecule has 0 bridgehead atoms. The molecular weight excluding hydrogens is 952 g/mol. The number of nitrogens with one attached hydrogen (secondary N) is 1. The number of phosphoric ester groups is 1. The first kappa shape index (κ1) is 73.0. The molecule has 0 fully saturated rings. The van der Waals surface area contributed by atoms with E-state index in [9.17, 15) is 19.0 Å². The number of quaternary nitrogens is 1. The van der Waals surface area contributed by atoms with E-state index in [0.717, 1.165) is 77.0 Å². The van der Waals surface area contributed by atoms with Crippen LogP contribution in [0.1, 0.15) is 303 Å². The van der Waals surface area contributed by atoms with E-state index in [0.29, 0.717) is 17.4 Å². The van der Waals surface area contributed by atoms with Gasteiger partial charge in [-0.15, -0.1) is 0 Å². The minimum Gasteiger partial charge on any atom is -0.756 e. The molecule has 9 nitrogen and oxygen atoms in total. The summed E-state index contributed by atoms with van der Waals surface area (Å²) in [7, 11) is 1.19. The van der Waals surface area contributed by atoms with E-state index < -0.39 is 20.0 Å². The van der Waals surface area contributed by atoms with E-state index >= 15 is 0 Å². The van der Waals surface area contributed by atoms with Gasteiger partial charge in [0.15, 0.2) is 0 Å². The fourth-order valence-corrected chi connectivity index (χ4v) is 10.0. The maximum atomic E-state index is 13.5. The number of hydrogen-bond acceptors (Lipinski definition) is 7. The highest BCUT2D eigenvalue weighted by molar-refractivity contribution is 7.45. The summed E-state index contributed by atoms with van der Waals surface area (Å²) in [5, 5.41) is 3.03. The predicted molar refractivity (Wildman–Crippen MR) is 321 cm³/mol. The van der Waals surface area contributed by atoms with Crippen molar-refractivity contribution in [1.82, 2.24) is 5.32 Å². The smallest absolute Gasteiger partial charge is 0.306 e. The first-order chi connectivity index (χ1) is 36.4. The van der Waals surface area contributed by atoms with Crippen LogP contribution in [0, 0.1) is 0 Å². The quantitative estimate of drug-likeness (QED) is 0.0212. The number of allylic oxidation sites excluding steroid dienone is 7. The van der Waals surface area contributed by atoms with Gasteiger partial charge in [0, 0.05) is 12.8 Å². The third-order valence-corrected chi connectivity index (χ3v) is 15.2. The molecule has 0 rings (SSSR count). The van der Waals surface area contributed by atoms with Crippen molar-refractivity contribution in [3.8, 4) is 0 Å². The van der Waals surface area contributed by atoms with Crippen molar-refractivity contribution >= 4 is 19.7 Å². The van der Waals surface area contributed by atoms with E-state index in [1.807, 2.05) is 33.3 Å². The Balaban J connectivity index is 5.17. The van der Waals surface area contributed by atoms with Crippen molar-refractivity contribution in [1.29, 1.82) is 0 Å². The zero-order chi connectivity index (χ0) is 55.0. The molecule has 0 aliphatic carbocycles. The Bertz CT molecular complexity index is 1420. The summed E-state index contributed by atoms with van der Waals surface area (Å²) in [6.07, 6.45) is 67.8. The molecule has 0 aliphatic rings. The summed E-state index contributed by atoms with van der Waals surface area (Å²) < 4.78 is 30.3. The number of esters is 1. The van der Waals surface area contributed by atoms with Crippen LogP contribution in [0.25, 0.3) is 0 Å². The Labute approximate surface area is 465 Å². The maximum absolute atomic E-state index is 13.5. The third kappa shape index (κ3) is 56.5. The number of hydrogen-bond donors (Lipinski definition) is 1. The standard InChI is InChI=1S/C65H123N2O7P/c1-7-10-13-16-19-22-25-28-29-30-31-32-33-34-35-36-37-40-42-45-48-51-54-57-64(68)66-62(61-73-75(70,71)72-60-59-67(4,5)6)63(56-53-50-47-44-41-38-26-23-20-17-14-11-8-2)74-65(69)58-55-52-49-46-43-39-27-24-21-18-15-12-9-3/h19,22,28-29,31-32,53,56,62-63H,7-18,20-21,23-27,30,33-52,54-55,57-61H2,1-6H3,(H-,66,68,70,71)/b22-19-,29-28-,32-31-,56-53-. The number of ether oxygens (including phenoxy) is 1. The minimum atomic E-state index is -4.70. The van der Waals surface area contributed by atoms with E-state index in [-0.39, 0.29) is 31.5 Å². The lowest BCUT2D eigenvalue weighted by Gasteiger charge is -2.30. The number of amides is 1. The third-order valence-electron chi connectivity index (χ3n) is 14.3. The molecule has 0 saturated heterocycles. The Hall–Kier alpha value is -2.03. The fraction of sp³-hybridized carbons (Fsp3) is 0.846. The molecule has 10 heteroatoms. The number of unbranched alkanes of at least 4 members (excludes halogenated alkanes) is 36. The van der Waals surface area contributed by atoms with Crippen LogP contribution in [0.4, 0.5) is 0 Å². The molecule has 0 saturated carbocycles. The largest absolute Gasteiger partial charge is 0.756 e. The van der Waals surface area contributed by atoms with Gasteiger partial charge in [0.25, 0.3) is 7.82 Å². The zero-order valence-electron chi connectivity index (χ0n) is 50.3. The van der Waals surface area contributed by atoms with E-state index in [4.69, 9.17) is 13.8 Å². The normalized spacial score (nSPS) is 14.0. The second-order valence-electron chi connectivity index (χ2n) is 22.9. The minimum absolute atomic E-state index is 0.0218. The van der Waals surface area contributed by atoms with Crippen LogP contribution in [-0.2, 0) is 27.9 Å². The van der Waals surface area contributed by atoms with Gasteiger partial charge in [-0.25, -0.2) is 0 Å². The molecule has 0 spiro atoms. The average molecular weight is 1080 g/mol. The molecule has 3 unspecified atom stereocenters. The highest BCUT2D eigenvalue weighted by atomic mass is 31.2. The molecule has 0 aromatic rings. The summed E-state index contributed by atoms with van der Waals surface area (Å²) in [5.41, 5.74) is 0. The fourth-order valence-electron chi connectivity index (χ4n) is 9.29. The van der Waals surface area contributed by atoms with Crippen molar-refractivity contribution < 1.29 is 37.3 Å². The average Bonchev–Trinajstić information content (AvgIpc) is 3.37. The zero-order valence-corrected chi connectivity index (χ0v) is 51.2. The summed E-state index contributed by atoms with van der Waals surface area (Å²) in [4.78, 5) is 40.0. The van der Waals surface area contributed by atoms with Gasteiger partial charge in [-0.3, -0.25) is 14.2 Å². The Kier molecular flexibility index (Phi) is 53.8. The second-order valence-corrected chi connectivity index (χ2v) is 24.3. The highest BCUT2D eigenvalue weighted by Crippen LogP contribution is 2.38. The van der Waals surface area contributed by atoms with Crippen LogP contribution in [-0.4, -0.2) is 69.4 Å². The van der Waals surface area contributed by atoms with Crippen molar-refractivity contribution in [2.24, 2.45) is 0 Å². The number of nitrogens with zero attached hydrogens (tertiary/aromatic N) is 1. The van der Waals surface area contributed by atoms with Crippen molar-refractivity contribution in [2.45, 2.75) is 315 Å². The first-order valence-corrected chi connectivity index (χ1v) is 33.4. The van der Waals surface area contributed by atoms with Crippen LogP contribution in [0.15, 0.2) is 48.6 Å². The van der Waals surface area contributed by atoms with Crippen LogP contribution in [0.3, 0.4) is 0 Å². The molecule has 0 aliphatic heterocycles. The predicted octanol–water partition coefficient (Wildman–Crippen LogP) is 19.0. The molecule has 75 heavy (non-hydrogen) atoms. The van der Waals surface area contributed by atoms with Crippen LogP contribution in [0.2, 0.25) is 0 Å². The van der Waals surface area contributed by atoms with Crippen LogP contribution >= 0.6 is 7.82 Å². The van der Waals surface area contributed by atoms with Crippen molar-refractivity contribution in [2.75, 3.05) is 40.9 Å². The highest BCUT2D eigenvalue weighted by Gasteiger charge is 2.27. The number of rotatable bonds is 58. The van der Waals surface area contributed by atoms with E-state index in [2.05, 4.69) is 62.5 Å². The van der Waals surface area contributed by atoms with E-state index in [1.54, 1.807) is 0 Å². The molecule has 3 atom stereocenters. The van der Waals surface area contributed by atoms with Crippen LogP contribution < -0.4 is 10.2 Å². The molecule has 440 valence electrons. The van der Waals surface area contributed by atoms with Gasteiger partial charge in [-0.05, 0) is 70.3 Å². The summed E-state index contributed by atoms with van der Waals surface area (Å²) in [5.74, 6) is -0.534.